The molecule has 1 aliphatic carbocycles. The van der Waals surface area contributed by atoms with Crippen LogP contribution in [0.25, 0.3) is 0 Å². The van der Waals surface area contributed by atoms with Gasteiger partial charge in [-0.05, 0) is 18.8 Å². The van der Waals surface area contributed by atoms with Gasteiger partial charge in [0.15, 0.2) is 0 Å². The van der Waals surface area contributed by atoms with Crippen molar-refractivity contribution in [1.82, 2.24) is 9.62 Å². The molecule has 3 fully saturated rings. The average Bonchev–Trinajstić information content (AvgIpc) is 3.02. The van der Waals surface area contributed by atoms with Crippen molar-refractivity contribution < 1.29 is 17.9 Å². The van der Waals surface area contributed by atoms with Crippen molar-refractivity contribution in [2.24, 2.45) is 5.92 Å². The first-order chi connectivity index (χ1) is 9.51. The standard InChI is InChI=1S/C13H24N2O4S/c1-9-5-15(10-3-4-10)6-11(9)14-20(16,17)13-8-19-7-12(13)18-2/h9-14H,3-8H2,1-2H3. The van der Waals surface area contributed by atoms with Crippen LogP contribution in [0.3, 0.4) is 0 Å². The molecule has 4 unspecified atom stereocenters. The van der Waals surface area contributed by atoms with E-state index in [1.54, 1.807) is 0 Å². The van der Waals surface area contributed by atoms with Gasteiger partial charge < -0.3 is 9.47 Å². The normalized spacial score (nSPS) is 39.5. The molecule has 2 heterocycles. The molecule has 1 saturated carbocycles. The maximum absolute atomic E-state index is 12.5. The molecule has 4 atom stereocenters. The Morgan fingerprint density at radius 2 is 2.00 bits per heavy atom. The van der Waals surface area contributed by atoms with Gasteiger partial charge in [0.25, 0.3) is 0 Å². The van der Waals surface area contributed by atoms with Gasteiger partial charge in [-0.3, -0.25) is 4.90 Å². The summed E-state index contributed by atoms with van der Waals surface area (Å²) in [6.07, 6.45) is 2.16. The number of rotatable bonds is 5. The Morgan fingerprint density at radius 3 is 2.65 bits per heavy atom. The average molecular weight is 304 g/mol. The number of nitrogens with one attached hydrogen (secondary N) is 1. The zero-order chi connectivity index (χ0) is 14.3. The minimum absolute atomic E-state index is 0.0127. The third-order valence-corrected chi connectivity index (χ3v) is 6.57. The van der Waals surface area contributed by atoms with Crippen LogP contribution in [0.5, 0.6) is 0 Å². The molecular formula is C13H24N2O4S. The SMILES string of the molecule is COC1COCC1S(=O)(=O)NC1CN(C2CC2)CC1C. The van der Waals surface area contributed by atoms with Gasteiger partial charge in [0.1, 0.15) is 11.4 Å². The molecule has 0 radical (unpaired) electrons. The maximum atomic E-state index is 12.5. The summed E-state index contributed by atoms with van der Waals surface area (Å²) in [7, 11) is -1.86. The van der Waals surface area contributed by atoms with Crippen LogP contribution in [0.15, 0.2) is 0 Å². The number of sulfonamides is 1. The van der Waals surface area contributed by atoms with E-state index >= 15 is 0 Å². The van der Waals surface area contributed by atoms with E-state index < -0.39 is 15.3 Å². The summed E-state index contributed by atoms with van der Waals surface area (Å²) in [6.45, 7) is 4.52. The van der Waals surface area contributed by atoms with Crippen LogP contribution >= 0.6 is 0 Å². The van der Waals surface area contributed by atoms with Crippen molar-refractivity contribution in [2.45, 2.75) is 43.2 Å². The number of nitrogens with zero attached hydrogens (tertiary/aromatic N) is 1. The van der Waals surface area contributed by atoms with Crippen LogP contribution in [-0.4, -0.2) is 70.2 Å². The molecule has 0 amide bonds. The van der Waals surface area contributed by atoms with Gasteiger partial charge in [-0.15, -0.1) is 0 Å². The molecule has 1 N–H and O–H groups in total. The highest BCUT2D eigenvalue weighted by molar-refractivity contribution is 7.90. The Morgan fingerprint density at radius 1 is 1.25 bits per heavy atom. The summed E-state index contributed by atoms with van der Waals surface area (Å²) in [5.41, 5.74) is 0. The van der Waals surface area contributed by atoms with E-state index in [-0.39, 0.29) is 18.8 Å². The van der Waals surface area contributed by atoms with Crippen LogP contribution in [0, 0.1) is 5.92 Å². The van der Waals surface area contributed by atoms with Crippen molar-refractivity contribution in [3.05, 3.63) is 0 Å². The quantitative estimate of drug-likeness (QED) is 0.762. The number of methoxy groups -OCH3 is 1. The number of hydrogen-bond acceptors (Lipinski definition) is 5. The topological polar surface area (TPSA) is 67.9 Å². The lowest BCUT2D eigenvalue weighted by atomic mass is 10.1. The fraction of sp³-hybridized carbons (Fsp3) is 1.00. The van der Waals surface area contributed by atoms with Gasteiger partial charge in [0, 0.05) is 32.3 Å². The first-order valence-electron chi connectivity index (χ1n) is 7.37. The second-order valence-electron chi connectivity index (χ2n) is 6.28. The molecule has 0 aromatic heterocycles. The first-order valence-corrected chi connectivity index (χ1v) is 8.91. The van der Waals surface area contributed by atoms with Crippen LogP contribution in [0.2, 0.25) is 0 Å². The zero-order valence-corrected chi connectivity index (χ0v) is 12.9. The summed E-state index contributed by atoms with van der Waals surface area (Å²) < 4.78 is 38.4. The summed E-state index contributed by atoms with van der Waals surface area (Å²) in [5.74, 6) is 0.355. The lowest BCUT2D eigenvalue weighted by molar-refractivity contribution is 0.0828. The number of likely N-dealkylation sites (tertiary alicyclic amines) is 1. The fourth-order valence-corrected chi connectivity index (χ4v) is 4.99. The Kier molecular flexibility index (Phi) is 4.07. The monoisotopic (exact) mass is 304 g/mol. The van der Waals surface area contributed by atoms with Crippen molar-refractivity contribution in [3.63, 3.8) is 0 Å². The Balaban J connectivity index is 1.64. The first kappa shape index (κ1) is 14.7. The number of ether oxygens (including phenoxy) is 2. The second kappa shape index (κ2) is 5.53. The van der Waals surface area contributed by atoms with Crippen LogP contribution in [0.1, 0.15) is 19.8 Å². The lowest BCUT2D eigenvalue weighted by Gasteiger charge is -2.22. The zero-order valence-electron chi connectivity index (χ0n) is 12.1. The molecule has 7 heteroatoms. The second-order valence-corrected chi connectivity index (χ2v) is 8.21. The molecule has 0 bridgehead atoms. The van der Waals surface area contributed by atoms with Crippen LogP contribution in [-0.2, 0) is 19.5 Å². The fourth-order valence-electron chi connectivity index (χ4n) is 3.22. The molecule has 3 aliphatic rings. The Labute approximate surface area is 120 Å². The van der Waals surface area contributed by atoms with Crippen molar-refractivity contribution in [1.29, 1.82) is 0 Å². The molecule has 0 aromatic carbocycles. The highest BCUT2D eigenvalue weighted by atomic mass is 32.2. The Bertz CT molecular complexity index is 451. The predicted octanol–water partition coefficient (Wildman–Crippen LogP) is -0.198. The molecule has 20 heavy (non-hydrogen) atoms. The maximum Gasteiger partial charge on any atom is 0.219 e. The van der Waals surface area contributed by atoms with Gasteiger partial charge >= 0.3 is 0 Å². The summed E-state index contributed by atoms with van der Waals surface area (Å²) >= 11 is 0. The van der Waals surface area contributed by atoms with Gasteiger partial charge in [0.2, 0.25) is 10.0 Å². The third-order valence-electron chi connectivity index (χ3n) is 4.70. The molecular weight excluding hydrogens is 280 g/mol. The van der Waals surface area contributed by atoms with E-state index in [0.717, 1.165) is 13.1 Å². The smallest absolute Gasteiger partial charge is 0.219 e. The minimum Gasteiger partial charge on any atom is -0.378 e. The largest absolute Gasteiger partial charge is 0.378 e. The third kappa shape index (κ3) is 2.87. The predicted molar refractivity (Wildman–Crippen MR) is 75.0 cm³/mol. The van der Waals surface area contributed by atoms with Gasteiger partial charge in [-0.2, -0.15) is 0 Å². The van der Waals surface area contributed by atoms with E-state index in [1.165, 1.54) is 20.0 Å². The van der Waals surface area contributed by atoms with Crippen molar-refractivity contribution in [2.75, 3.05) is 33.4 Å². The van der Waals surface area contributed by atoms with Gasteiger partial charge in [-0.1, -0.05) is 6.92 Å². The Hall–Kier alpha value is -0.210. The summed E-state index contributed by atoms with van der Waals surface area (Å²) in [5, 5.41) is -0.588. The van der Waals surface area contributed by atoms with E-state index in [9.17, 15) is 8.42 Å². The molecule has 116 valence electrons. The van der Waals surface area contributed by atoms with E-state index in [1.807, 2.05) is 0 Å². The van der Waals surface area contributed by atoms with E-state index in [2.05, 4.69) is 16.5 Å². The molecule has 0 spiro atoms. The summed E-state index contributed by atoms with van der Waals surface area (Å²) in [4.78, 5) is 2.41. The van der Waals surface area contributed by atoms with Crippen LogP contribution < -0.4 is 4.72 Å². The van der Waals surface area contributed by atoms with E-state index in [4.69, 9.17) is 9.47 Å². The number of hydrogen-bond donors (Lipinski definition) is 1. The minimum atomic E-state index is -3.39. The van der Waals surface area contributed by atoms with Crippen molar-refractivity contribution in [3.8, 4) is 0 Å². The van der Waals surface area contributed by atoms with Gasteiger partial charge in [0.05, 0.1) is 13.2 Å². The highest BCUT2D eigenvalue weighted by Crippen LogP contribution is 2.32. The highest BCUT2D eigenvalue weighted by Gasteiger charge is 2.43. The lowest BCUT2D eigenvalue weighted by Crippen LogP contribution is -2.48. The van der Waals surface area contributed by atoms with Gasteiger partial charge in [-0.25, -0.2) is 13.1 Å². The van der Waals surface area contributed by atoms with Crippen LogP contribution in [0.4, 0.5) is 0 Å². The van der Waals surface area contributed by atoms with E-state index in [0.29, 0.717) is 18.6 Å². The molecule has 6 nitrogen and oxygen atoms in total. The molecule has 2 saturated heterocycles. The molecule has 0 aromatic rings. The summed E-state index contributed by atoms with van der Waals surface area (Å²) in [6, 6.07) is 0.701. The molecule has 3 rings (SSSR count). The van der Waals surface area contributed by atoms with Crippen molar-refractivity contribution >= 4 is 10.0 Å². The molecule has 2 aliphatic heterocycles.